The van der Waals surface area contributed by atoms with E-state index in [9.17, 15) is 19.2 Å². The van der Waals surface area contributed by atoms with Gasteiger partial charge in [0.15, 0.2) is 12.1 Å². The molecular weight excluding hydrogens is 600 g/mol. The summed E-state index contributed by atoms with van der Waals surface area (Å²) in [7, 11) is 0. The smallest absolute Gasteiger partial charge is 0.333 e. The number of aromatic amines is 1. The number of rotatable bonds is 10. The number of esters is 2. The average Bonchev–Trinajstić information content (AvgIpc) is 3.54. The Kier molecular flexibility index (Phi) is 13.3. The van der Waals surface area contributed by atoms with Crippen LogP contribution in [0.25, 0.3) is 0 Å². The van der Waals surface area contributed by atoms with E-state index in [1.54, 1.807) is 42.5 Å². The summed E-state index contributed by atoms with van der Waals surface area (Å²) in [5, 5.41) is 20.1. The number of anilines is 1. The molecule has 0 spiro atoms. The molecule has 2 aliphatic carbocycles. The molecule has 2 aliphatic rings. The molecule has 5 N–H and O–H groups in total. The number of hydrogen-bond acceptors (Lipinski definition) is 9. The number of carbonyl (C=O) groups excluding carboxylic acids is 4. The van der Waals surface area contributed by atoms with Gasteiger partial charge in [-0.15, -0.1) is 0 Å². The van der Waals surface area contributed by atoms with Crippen LogP contribution >= 0.6 is 0 Å². The van der Waals surface area contributed by atoms with Crippen LogP contribution in [-0.4, -0.2) is 46.2 Å². The van der Waals surface area contributed by atoms with Crippen LogP contribution in [0, 0.1) is 11.3 Å². The molecule has 1 heterocycles. The summed E-state index contributed by atoms with van der Waals surface area (Å²) in [4.78, 5) is 49.3. The molecule has 5 rings (SSSR count). The second-order valence-corrected chi connectivity index (χ2v) is 11.7. The summed E-state index contributed by atoms with van der Waals surface area (Å²) in [6.07, 6.45) is 11.0. The maximum atomic E-state index is 12.7. The van der Waals surface area contributed by atoms with Crippen molar-refractivity contribution in [2.75, 3.05) is 5.73 Å². The number of benzene rings is 2. The van der Waals surface area contributed by atoms with E-state index in [4.69, 9.17) is 20.5 Å². The molecule has 2 unspecified atom stereocenters. The topological polar surface area (TPSA) is 189 Å². The lowest BCUT2D eigenvalue weighted by atomic mass is 9.97. The fourth-order valence-electron chi connectivity index (χ4n) is 5.65. The first-order chi connectivity index (χ1) is 22.9. The van der Waals surface area contributed by atoms with Crippen molar-refractivity contribution in [2.24, 2.45) is 0 Å². The molecule has 248 valence electrons. The van der Waals surface area contributed by atoms with Gasteiger partial charge in [-0.1, -0.05) is 73.5 Å². The third-order valence-electron chi connectivity index (χ3n) is 8.14. The number of H-pyrrole nitrogens is 1. The molecule has 0 radical (unpaired) electrons. The van der Waals surface area contributed by atoms with E-state index in [0.717, 1.165) is 51.4 Å². The van der Waals surface area contributed by atoms with Gasteiger partial charge in [-0.2, -0.15) is 10.4 Å². The standard InChI is InChI=1S/C18H22N4O3.C17H20N2O3/c19-16-14(11-20-22-16)17(23)21-15(12-7-3-1-4-8-12)18(24)25-13-9-5-2-6-10-13;18-12-11-15(20)19-16(13-7-3-1-4-8-13)17(21)22-14-9-5-2-6-10-14/h1,3-4,7-8,11,13,15H,2,5-6,9-10H2,(H,21,23)(H3,19,20,22);1,3-4,7-8,14,16H,2,5-6,9-11H2,(H,19,20). The zero-order valence-electron chi connectivity index (χ0n) is 26.4. The Morgan fingerprint density at radius 3 is 1.68 bits per heavy atom. The summed E-state index contributed by atoms with van der Waals surface area (Å²) >= 11 is 0. The minimum Gasteiger partial charge on any atom is -0.461 e. The number of nitrogens with zero attached hydrogens (tertiary/aromatic N) is 2. The molecule has 1 aromatic heterocycles. The van der Waals surface area contributed by atoms with E-state index in [0.29, 0.717) is 11.1 Å². The third-order valence-corrected chi connectivity index (χ3v) is 8.14. The second-order valence-electron chi connectivity index (χ2n) is 11.7. The number of nitrogen functional groups attached to an aromatic ring is 1. The van der Waals surface area contributed by atoms with Crippen LogP contribution in [0.2, 0.25) is 0 Å². The van der Waals surface area contributed by atoms with Crippen LogP contribution in [0.3, 0.4) is 0 Å². The first-order valence-electron chi connectivity index (χ1n) is 16.1. The minimum atomic E-state index is -0.884. The molecule has 0 bridgehead atoms. The third kappa shape index (κ3) is 10.7. The maximum Gasteiger partial charge on any atom is 0.333 e. The normalized spacial score (nSPS) is 16.2. The number of carbonyl (C=O) groups is 4. The van der Waals surface area contributed by atoms with Gasteiger partial charge in [0, 0.05) is 0 Å². The van der Waals surface area contributed by atoms with Crippen LogP contribution in [-0.2, 0) is 23.9 Å². The van der Waals surface area contributed by atoms with Gasteiger partial charge in [-0.3, -0.25) is 14.7 Å². The van der Waals surface area contributed by atoms with Gasteiger partial charge in [0.05, 0.1) is 12.3 Å². The Morgan fingerprint density at radius 2 is 1.26 bits per heavy atom. The summed E-state index contributed by atoms with van der Waals surface area (Å²) in [5.41, 5.74) is 7.21. The van der Waals surface area contributed by atoms with Crippen LogP contribution < -0.4 is 16.4 Å². The second kappa shape index (κ2) is 18.1. The zero-order chi connectivity index (χ0) is 33.4. The van der Waals surface area contributed by atoms with E-state index in [2.05, 4.69) is 20.8 Å². The highest BCUT2D eigenvalue weighted by molar-refractivity contribution is 6.00. The Balaban J connectivity index is 0.000000215. The van der Waals surface area contributed by atoms with Crippen molar-refractivity contribution in [1.29, 1.82) is 5.26 Å². The van der Waals surface area contributed by atoms with Crippen molar-refractivity contribution < 1.29 is 28.7 Å². The molecule has 0 aliphatic heterocycles. The number of amides is 2. The van der Waals surface area contributed by atoms with E-state index in [1.807, 2.05) is 24.3 Å². The highest BCUT2D eigenvalue weighted by Gasteiger charge is 2.29. The summed E-state index contributed by atoms with van der Waals surface area (Å²) in [6.45, 7) is 0. The predicted octanol–water partition coefficient (Wildman–Crippen LogP) is 4.97. The SMILES string of the molecule is N#CCC(=O)NC(C(=O)OC1CCCCC1)c1ccccc1.Nc1[nH]ncc1C(=O)NC(C(=O)OC1CCCCC1)c1ccccc1. The van der Waals surface area contributed by atoms with Crippen molar-refractivity contribution in [3.05, 3.63) is 83.6 Å². The van der Waals surface area contributed by atoms with Gasteiger partial charge >= 0.3 is 11.9 Å². The molecular formula is C35H42N6O6. The van der Waals surface area contributed by atoms with Crippen molar-refractivity contribution >= 4 is 29.6 Å². The number of aromatic nitrogens is 2. The first kappa shape index (κ1) is 34.7. The van der Waals surface area contributed by atoms with E-state index in [-0.39, 0.29) is 30.0 Å². The maximum absolute atomic E-state index is 12.7. The monoisotopic (exact) mass is 642 g/mol. The van der Waals surface area contributed by atoms with Crippen LogP contribution in [0.5, 0.6) is 0 Å². The molecule has 0 saturated heterocycles. The van der Waals surface area contributed by atoms with Gasteiger partial charge in [-0.25, -0.2) is 9.59 Å². The Morgan fingerprint density at radius 1 is 0.787 bits per heavy atom. The summed E-state index contributed by atoms with van der Waals surface area (Å²) < 4.78 is 11.2. The lowest BCUT2D eigenvalue weighted by Gasteiger charge is -2.25. The molecule has 12 nitrogen and oxygen atoms in total. The molecule has 2 fully saturated rings. The van der Waals surface area contributed by atoms with Gasteiger partial charge < -0.3 is 25.8 Å². The van der Waals surface area contributed by atoms with Crippen LogP contribution in [0.15, 0.2) is 66.9 Å². The molecule has 2 amide bonds. The van der Waals surface area contributed by atoms with Gasteiger partial charge in [0.1, 0.15) is 30.0 Å². The van der Waals surface area contributed by atoms with Gasteiger partial charge in [-0.05, 0) is 62.5 Å². The largest absolute Gasteiger partial charge is 0.461 e. The van der Waals surface area contributed by atoms with Crippen molar-refractivity contribution in [3.8, 4) is 6.07 Å². The lowest BCUT2D eigenvalue weighted by molar-refractivity contribution is -0.154. The molecule has 12 heteroatoms. The Bertz CT molecular complexity index is 1490. The number of nitrogens with two attached hydrogens (primary N) is 1. The Labute approximate surface area is 274 Å². The van der Waals surface area contributed by atoms with E-state index in [1.165, 1.54) is 19.0 Å². The minimum absolute atomic E-state index is 0.0691. The zero-order valence-corrected chi connectivity index (χ0v) is 26.4. The van der Waals surface area contributed by atoms with Crippen LogP contribution in [0.1, 0.15) is 104 Å². The van der Waals surface area contributed by atoms with Gasteiger partial charge in [0.2, 0.25) is 5.91 Å². The summed E-state index contributed by atoms with van der Waals surface area (Å²) in [6, 6.07) is 18.0. The van der Waals surface area contributed by atoms with Crippen molar-refractivity contribution in [2.45, 2.75) is 94.9 Å². The first-order valence-corrected chi connectivity index (χ1v) is 16.1. The van der Waals surface area contributed by atoms with E-state index >= 15 is 0 Å². The number of hydrogen-bond donors (Lipinski definition) is 4. The number of ether oxygens (including phenoxy) is 2. The number of nitriles is 1. The number of nitrogens with one attached hydrogen (secondary N) is 3. The quantitative estimate of drug-likeness (QED) is 0.221. The fraction of sp³-hybridized carbons (Fsp3) is 0.429. The van der Waals surface area contributed by atoms with Crippen molar-refractivity contribution in [1.82, 2.24) is 20.8 Å². The molecule has 47 heavy (non-hydrogen) atoms. The van der Waals surface area contributed by atoms with E-state index < -0.39 is 35.8 Å². The molecule has 2 atom stereocenters. The highest BCUT2D eigenvalue weighted by atomic mass is 16.5. The Hall–Kier alpha value is -5.18. The average molecular weight is 643 g/mol. The van der Waals surface area contributed by atoms with Gasteiger partial charge in [0.25, 0.3) is 5.91 Å². The molecule has 2 aromatic carbocycles. The molecule has 3 aromatic rings. The van der Waals surface area contributed by atoms with Crippen LogP contribution in [0.4, 0.5) is 5.82 Å². The summed E-state index contributed by atoms with van der Waals surface area (Å²) in [5.74, 6) is -1.69. The fourth-order valence-corrected chi connectivity index (χ4v) is 5.65. The predicted molar refractivity (Wildman–Crippen MR) is 173 cm³/mol. The van der Waals surface area contributed by atoms with Crippen molar-refractivity contribution in [3.63, 3.8) is 0 Å². The molecule has 2 saturated carbocycles. The lowest BCUT2D eigenvalue weighted by Crippen LogP contribution is -2.37. The highest BCUT2D eigenvalue weighted by Crippen LogP contribution is 2.25.